The Labute approximate surface area is 113 Å². The van der Waals surface area contributed by atoms with Crippen LogP contribution in [0.4, 0.5) is 13.2 Å². The monoisotopic (exact) mass is 293 g/mol. The molecule has 1 atom stereocenters. The molecule has 0 spiro atoms. The van der Waals surface area contributed by atoms with E-state index >= 15 is 0 Å². The smallest absolute Gasteiger partial charge is 0.496 e. The van der Waals surface area contributed by atoms with Crippen LogP contribution in [0.15, 0.2) is 18.2 Å². The maximum Gasteiger partial charge on any atom is 0.573 e. The number of benzene rings is 1. The fourth-order valence-corrected chi connectivity index (χ4v) is 1.57. The molecule has 0 aliphatic rings. The number of hydrogen-bond acceptors (Lipinski definition) is 5. The number of nitrogens with two attached hydrogens (primary N) is 1. The zero-order valence-corrected chi connectivity index (χ0v) is 10.9. The van der Waals surface area contributed by atoms with Crippen LogP contribution in [0.3, 0.4) is 0 Å². The van der Waals surface area contributed by atoms with Crippen molar-refractivity contribution in [1.82, 2.24) is 0 Å². The van der Waals surface area contributed by atoms with Gasteiger partial charge in [0.2, 0.25) is 0 Å². The Morgan fingerprint density at radius 1 is 1.35 bits per heavy atom. The van der Waals surface area contributed by atoms with Gasteiger partial charge >= 0.3 is 12.3 Å². The molecule has 0 aliphatic heterocycles. The molecule has 0 unspecified atom stereocenters. The van der Waals surface area contributed by atoms with E-state index in [9.17, 15) is 18.0 Å². The first-order valence-corrected chi connectivity index (χ1v) is 5.53. The van der Waals surface area contributed by atoms with E-state index in [1.807, 2.05) is 0 Å². The van der Waals surface area contributed by atoms with Crippen molar-refractivity contribution in [3.8, 4) is 11.5 Å². The quantitative estimate of drug-likeness (QED) is 0.842. The highest BCUT2D eigenvalue weighted by Gasteiger charge is 2.31. The maximum atomic E-state index is 12.2. The van der Waals surface area contributed by atoms with Crippen molar-refractivity contribution < 1.29 is 32.2 Å². The molecule has 112 valence electrons. The van der Waals surface area contributed by atoms with Gasteiger partial charge < -0.3 is 19.9 Å². The van der Waals surface area contributed by atoms with Crippen LogP contribution in [-0.2, 0) is 9.53 Å². The second-order valence-electron chi connectivity index (χ2n) is 3.84. The molecule has 5 nitrogen and oxygen atoms in total. The second-order valence-corrected chi connectivity index (χ2v) is 3.84. The first-order valence-electron chi connectivity index (χ1n) is 5.53. The molecule has 0 amide bonds. The molecule has 0 heterocycles. The summed E-state index contributed by atoms with van der Waals surface area (Å²) in [6, 6.07) is 2.60. The molecular formula is C12H14F3NO4. The van der Waals surface area contributed by atoms with E-state index in [0.29, 0.717) is 0 Å². The van der Waals surface area contributed by atoms with Gasteiger partial charge in [0, 0.05) is 11.6 Å². The molecule has 20 heavy (non-hydrogen) atoms. The molecule has 0 fully saturated rings. The Kier molecular flexibility index (Phi) is 5.20. The molecule has 1 aromatic rings. The van der Waals surface area contributed by atoms with Gasteiger partial charge in [-0.25, -0.2) is 0 Å². The van der Waals surface area contributed by atoms with Crippen molar-refractivity contribution >= 4 is 5.97 Å². The summed E-state index contributed by atoms with van der Waals surface area (Å²) in [7, 11) is 2.53. The topological polar surface area (TPSA) is 70.8 Å². The molecule has 1 aromatic carbocycles. The third-order valence-electron chi connectivity index (χ3n) is 2.45. The van der Waals surface area contributed by atoms with Gasteiger partial charge in [-0.15, -0.1) is 13.2 Å². The minimum absolute atomic E-state index is 0.192. The SMILES string of the molecule is COC(=O)C[C@@H](N)c1cc(OC(F)(F)F)ccc1OC. The lowest BCUT2D eigenvalue weighted by Gasteiger charge is -2.17. The molecule has 8 heteroatoms. The van der Waals surface area contributed by atoms with Gasteiger partial charge in [-0.05, 0) is 18.2 Å². The molecule has 0 bridgehead atoms. The highest BCUT2D eigenvalue weighted by molar-refractivity contribution is 5.70. The predicted octanol–water partition coefficient (Wildman–Crippen LogP) is 2.16. The summed E-state index contributed by atoms with van der Waals surface area (Å²) in [5, 5.41) is 0. The largest absolute Gasteiger partial charge is 0.573 e. The Bertz CT molecular complexity index is 476. The van der Waals surface area contributed by atoms with E-state index in [0.717, 1.165) is 12.1 Å². The first-order chi connectivity index (χ1) is 9.26. The van der Waals surface area contributed by atoms with Crippen molar-refractivity contribution in [2.24, 2.45) is 5.73 Å². The van der Waals surface area contributed by atoms with Gasteiger partial charge in [-0.3, -0.25) is 4.79 Å². The van der Waals surface area contributed by atoms with Gasteiger partial charge in [0.15, 0.2) is 0 Å². The van der Waals surface area contributed by atoms with E-state index in [4.69, 9.17) is 10.5 Å². The number of halogens is 3. The second kappa shape index (κ2) is 6.47. The van der Waals surface area contributed by atoms with Crippen molar-refractivity contribution in [1.29, 1.82) is 0 Å². The van der Waals surface area contributed by atoms with Crippen LogP contribution in [0.1, 0.15) is 18.0 Å². The molecule has 0 aliphatic carbocycles. The Morgan fingerprint density at radius 3 is 2.50 bits per heavy atom. The van der Waals surface area contributed by atoms with E-state index < -0.39 is 24.1 Å². The number of hydrogen-bond donors (Lipinski definition) is 1. The van der Waals surface area contributed by atoms with Crippen LogP contribution in [0.5, 0.6) is 11.5 Å². The minimum Gasteiger partial charge on any atom is -0.496 e. The predicted molar refractivity (Wildman–Crippen MR) is 63.2 cm³/mol. The Morgan fingerprint density at radius 2 is 2.00 bits per heavy atom. The molecular weight excluding hydrogens is 279 g/mol. The lowest BCUT2D eigenvalue weighted by atomic mass is 10.0. The van der Waals surface area contributed by atoms with Gasteiger partial charge in [-0.1, -0.05) is 0 Å². The maximum absolute atomic E-state index is 12.2. The number of alkyl halides is 3. The van der Waals surface area contributed by atoms with Gasteiger partial charge in [-0.2, -0.15) is 0 Å². The molecule has 0 saturated carbocycles. The van der Waals surface area contributed by atoms with Gasteiger partial charge in [0.25, 0.3) is 0 Å². The van der Waals surface area contributed by atoms with E-state index in [1.165, 1.54) is 20.3 Å². The summed E-state index contributed by atoms with van der Waals surface area (Å²) in [4.78, 5) is 11.2. The van der Waals surface area contributed by atoms with E-state index in [2.05, 4.69) is 9.47 Å². The summed E-state index contributed by atoms with van der Waals surface area (Å²) in [6.45, 7) is 0. The highest BCUT2D eigenvalue weighted by atomic mass is 19.4. The lowest BCUT2D eigenvalue weighted by Crippen LogP contribution is -2.19. The summed E-state index contributed by atoms with van der Waals surface area (Å²) in [6.07, 6.45) is -5.00. The third-order valence-corrected chi connectivity index (χ3v) is 2.45. The van der Waals surface area contributed by atoms with E-state index in [1.54, 1.807) is 0 Å². The van der Waals surface area contributed by atoms with E-state index in [-0.39, 0.29) is 17.7 Å². The molecule has 1 rings (SSSR count). The highest BCUT2D eigenvalue weighted by Crippen LogP contribution is 2.32. The fourth-order valence-electron chi connectivity index (χ4n) is 1.57. The standard InChI is InChI=1S/C12H14F3NO4/c1-18-10-4-3-7(20-12(13,14)15)5-8(10)9(16)6-11(17)19-2/h3-5,9H,6,16H2,1-2H3/t9-/m1/s1. The number of carbonyl (C=O) groups is 1. The molecule has 0 saturated heterocycles. The normalized spacial score (nSPS) is 12.7. The Hall–Kier alpha value is -1.96. The van der Waals surface area contributed by atoms with Gasteiger partial charge in [0.05, 0.1) is 20.6 Å². The van der Waals surface area contributed by atoms with Crippen molar-refractivity contribution in [3.05, 3.63) is 23.8 Å². The van der Waals surface area contributed by atoms with Crippen LogP contribution in [0.2, 0.25) is 0 Å². The minimum atomic E-state index is -4.81. The molecule has 0 aromatic heterocycles. The third kappa shape index (κ3) is 4.61. The number of methoxy groups -OCH3 is 2. The number of carbonyl (C=O) groups excluding carboxylic acids is 1. The summed E-state index contributed by atoms with van der Waals surface area (Å²) in [5.74, 6) is -0.758. The lowest BCUT2D eigenvalue weighted by molar-refractivity contribution is -0.274. The number of esters is 1. The van der Waals surface area contributed by atoms with Crippen LogP contribution in [-0.4, -0.2) is 26.6 Å². The van der Waals surface area contributed by atoms with Crippen molar-refractivity contribution in [3.63, 3.8) is 0 Å². The molecule has 2 N–H and O–H groups in total. The van der Waals surface area contributed by atoms with Crippen LogP contribution in [0.25, 0.3) is 0 Å². The zero-order chi connectivity index (χ0) is 15.3. The molecule has 0 radical (unpaired) electrons. The number of rotatable bonds is 5. The summed E-state index contributed by atoms with van der Waals surface area (Å²) < 4.78 is 49.7. The van der Waals surface area contributed by atoms with Crippen LogP contribution < -0.4 is 15.2 Å². The average molecular weight is 293 g/mol. The van der Waals surface area contributed by atoms with Crippen LogP contribution >= 0.6 is 0 Å². The van der Waals surface area contributed by atoms with Crippen molar-refractivity contribution in [2.45, 2.75) is 18.8 Å². The zero-order valence-electron chi connectivity index (χ0n) is 10.9. The van der Waals surface area contributed by atoms with Crippen LogP contribution in [0, 0.1) is 0 Å². The van der Waals surface area contributed by atoms with Crippen molar-refractivity contribution in [2.75, 3.05) is 14.2 Å². The first kappa shape index (κ1) is 16.1. The summed E-state index contributed by atoms with van der Waals surface area (Å²) in [5.41, 5.74) is 5.98. The fraction of sp³-hybridized carbons (Fsp3) is 0.417. The average Bonchev–Trinajstić information content (AvgIpc) is 2.36. The Balaban J connectivity index is 3.02. The summed E-state index contributed by atoms with van der Waals surface area (Å²) >= 11 is 0. The van der Waals surface area contributed by atoms with Gasteiger partial charge in [0.1, 0.15) is 11.5 Å². The number of ether oxygens (including phenoxy) is 3.